The van der Waals surface area contributed by atoms with Crippen molar-refractivity contribution in [2.45, 2.75) is 50.2 Å². The van der Waals surface area contributed by atoms with Crippen LogP contribution in [-0.2, 0) is 19.2 Å². The zero-order valence-electron chi connectivity index (χ0n) is 14.1. The van der Waals surface area contributed by atoms with Gasteiger partial charge in [-0.25, -0.2) is 4.79 Å². The van der Waals surface area contributed by atoms with Gasteiger partial charge in [-0.05, 0) is 44.2 Å². The molecule has 1 aliphatic heterocycles. The smallest absolute Gasteiger partial charge is 0.326 e. The van der Waals surface area contributed by atoms with Crippen molar-refractivity contribution >= 4 is 35.5 Å². The second kappa shape index (κ2) is 10.9. The molecule has 1 saturated heterocycles. The summed E-state index contributed by atoms with van der Waals surface area (Å²) in [6, 6.07) is -2.57. The molecule has 5 N–H and O–H groups in total. The zero-order valence-corrected chi connectivity index (χ0v) is 14.9. The molecule has 0 bridgehead atoms. The second-order valence-corrected chi connectivity index (χ2v) is 6.81. The number of carbonyl (C=O) groups is 4. The molecule has 1 aliphatic rings. The first kappa shape index (κ1) is 21.2. The number of rotatable bonds is 11. The van der Waals surface area contributed by atoms with Crippen molar-refractivity contribution in [3.63, 3.8) is 0 Å². The maximum atomic E-state index is 12.4. The lowest BCUT2D eigenvalue weighted by Crippen LogP contribution is -2.54. The average Bonchev–Trinajstić information content (AvgIpc) is 3.08. The molecule has 0 spiro atoms. The molecule has 2 amide bonds. The minimum Gasteiger partial charge on any atom is -0.481 e. The Bertz CT molecular complexity index is 496. The highest BCUT2D eigenvalue weighted by Crippen LogP contribution is 2.08. The van der Waals surface area contributed by atoms with Crippen molar-refractivity contribution in [1.29, 1.82) is 0 Å². The van der Waals surface area contributed by atoms with Gasteiger partial charge in [0.15, 0.2) is 0 Å². The Morgan fingerprint density at radius 3 is 2.40 bits per heavy atom. The van der Waals surface area contributed by atoms with Gasteiger partial charge in [0.25, 0.3) is 0 Å². The number of nitrogens with one attached hydrogen (secondary N) is 3. The summed E-state index contributed by atoms with van der Waals surface area (Å²) in [5.74, 6) is -2.76. The van der Waals surface area contributed by atoms with Crippen molar-refractivity contribution in [3.05, 3.63) is 0 Å². The highest BCUT2D eigenvalue weighted by Gasteiger charge is 2.30. The van der Waals surface area contributed by atoms with Crippen molar-refractivity contribution in [2.75, 3.05) is 18.6 Å². The van der Waals surface area contributed by atoms with Crippen LogP contribution in [0, 0.1) is 0 Å². The molecule has 3 atom stereocenters. The number of aliphatic carboxylic acids is 2. The van der Waals surface area contributed by atoms with E-state index in [2.05, 4.69) is 16.0 Å². The van der Waals surface area contributed by atoms with Crippen LogP contribution in [0.2, 0.25) is 0 Å². The van der Waals surface area contributed by atoms with Gasteiger partial charge >= 0.3 is 11.9 Å². The Morgan fingerprint density at radius 2 is 1.88 bits per heavy atom. The fraction of sp³-hybridized carbons (Fsp3) is 0.733. The van der Waals surface area contributed by atoms with Crippen molar-refractivity contribution in [3.8, 4) is 0 Å². The molecule has 1 fully saturated rings. The monoisotopic (exact) mass is 375 g/mol. The number of carboxylic acids is 2. The summed E-state index contributed by atoms with van der Waals surface area (Å²) in [5.41, 5.74) is 0. The Balaban J connectivity index is 2.70. The van der Waals surface area contributed by atoms with Gasteiger partial charge in [0, 0.05) is 6.42 Å². The molecule has 0 aromatic heterocycles. The van der Waals surface area contributed by atoms with Gasteiger partial charge < -0.3 is 26.2 Å². The maximum Gasteiger partial charge on any atom is 0.326 e. The molecule has 25 heavy (non-hydrogen) atoms. The van der Waals surface area contributed by atoms with E-state index < -0.39 is 36.0 Å². The third kappa shape index (κ3) is 7.74. The van der Waals surface area contributed by atoms with Gasteiger partial charge in [-0.1, -0.05) is 0 Å². The van der Waals surface area contributed by atoms with Gasteiger partial charge in [0.05, 0.1) is 6.04 Å². The van der Waals surface area contributed by atoms with Crippen LogP contribution in [0.4, 0.5) is 0 Å². The number of amides is 2. The van der Waals surface area contributed by atoms with E-state index in [9.17, 15) is 24.3 Å². The fourth-order valence-corrected chi connectivity index (χ4v) is 2.95. The van der Waals surface area contributed by atoms with Crippen LogP contribution in [0.25, 0.3) is 0 Å². The van der Waals surface area contributed by atoms with Crippen LogP contribution in [0.3, 0.4) is 0 Å². The molecule has 1 rings (SSSR count). The molecule has 0 aromatic rings. The SMILES string of the molecule is CSCCC(NC(=O)C(CCC(=O)O)NC(=O)C1CCCN1)C(=O)O. The zero-order chi connectivity index (χ0) is 18.8. The summed E-state index contributed by atoms with van der Waals surface area (Å²) in [4.78, 5) is 46.6. The van der Waals surface area contributed by atoms with Crippen LogP contribution < -0.4 is 16.0 Å². The van der Waals surface area contributed by atoms with E-state index >= 15 is 0 Å². The number of carbonyl (C=O) groups excluding carboxylic acids is 2. The maximum absolute atomic E-state index is 12.4. The van der Waals surface area contributed by atoms with Gasteiger partial charge in [-0.15, -0.1) is 0 Å². The minimum absolute atomic E-state index is 0.103. The number of hydrogen-bond donors (Lipinski definition) is 5. The number of carboxylic acid groups (broad SMARTS) is 2. The molecule has 0 aliphatic carbocycles. The van der Waals surface area contributed by atoms with Gasteiger partial charge in [0.1, 0.15) is 12.1 Å². The lowest BCUT2D eigenvalue weighted by molar-refractivity contribution is -0.143. The van der Waals surface area contributed by atoms with E-state index in [1.807, 2.05) is 6.26 Å². The Hall–Kier alpha value is -1.81. The molecule has 10 heteroatoms. The summed E-state index contributed by atoms with van der Waals surface area (Å²) < 4.78 is 0. The molecule has 142 valence electrons. The van der Waals surface area contributed by atoms with E-state index in [1.54, 1.807) is 0 Å². The molecular weight excluding hydrogens is 350 g/mol. The molecule has 0 saturated carbocycles. The first-order valence-electron chi connectivity index (χ1n) is 8.12. The number of hydrogen-bond acceptors (Lipinski definition) is 6. The summed E-state index contributed by atoms with van der Waals surface area (Å²) in [6.45, 7) is 0.708. The first-order valence-corrected chi connectivity index (χ1v) is 9.52. The molecule has 1 heterocycles. The van der Waals surface area contributed by atoms with Crippen LogP contribution in [0.5, 0.6) is 0 Å². The standard InChI is InChI=1S/C15H25N3O6S/c1-25-8-6-11(15(23)24)18-14(22)10(4-5-12(19)20)17-13(21)9-3-2-7-16-9/h9-11,16H,2-8H2,1H3,(H,17,21)(H,18,22)(H,19,20)(H,23,24). The highest BCUT2D eigenvalue weighted by atomic mass is 32.2. The van der Waals surface area contributed by atoms with E-state index in [4.69, 9.17) is 5.11 Å². The average molecular weight is 375 g/mol. The summed E-state index contributed by atoms with van der Waals surface area (Å²) in [5, 5.41) is 25.9. The van der Waals surface area contributed by atoms with Gasteiger partial charge in [0.2, 0.25) is 11.8 Å². The normalized spacial score (nSPS) is 19.0. The van der Waals surface area contributed by atoms with E-state index in [0.717, 1.165) is 6.42 Å². The lowest BCUT2D eigenvalue weighted by Gasteiger charge is -2.22. The molecule has 9 nitrogen and oxygen atoms in total. The van der Waals surface area contributed by atoms with Crippen LogP contribution in [-0.4, -0.2) is 70.6 Å². The topological polar surface area (TPSA) is 145 Å². The summed E-state index contributed by atoms with van der Waals surface area (Å²) in [6.07, 6.45) is 3.15. The van der Waals surface area contributed by atoms with Gasteiger partial charge in [-0.3, -0.25) is 14.4 Å². The Labute approximate surface area is 150 Å². The quantitative estimate of drug-likeness (QED) is 0.322. The number of thioether (sulfide) groups is 1. The van der Waals surface area contributed by atoms with Gasteiger partial charge in [-0.2, -0.15) is 11.8 Å². The largest absolute Gasteiger partial charge is 0.481 e. The molecular formula is C15H25N3O6S. The van der Waals surface area contributed by atoms with Crippen molar-refractivity contribution in [2.24, 2.45) is 0 Å². The first-order chi connectivity index (χ1) is 11.8. The Kier molecular flexibility index (Phi) is 9.28. The molecule has 0 aromatic carbocycles. The lowest BCUT2D eigenvalue weighted by atomic mass is 10.1. The minimum atomic E-state index is -1.16. The molecule has 3 unspecified atom stereocenters. The Morgan fingerprint density at radius 1 is 1.16 bits per heavy atom. The van der Waals surface area contributed by atoms with Crippen molar-refractivity contribution in [1.82, 2.24) is 16.0 Å². The fourth-order valence-electron chi connectivity index (χ4n) is 2.48. The van der Waals surface area contributed by atoms with Crippen LogP contribution in [0.15, 0.2) is 0 Å². The third-order valence-electron chi connectivity index (χ3n) is 3.88. The van der Waals surface area contributed by atoms with E-state index in [0.29, 0.717) is 18.7 Å². The van der Waals surface area contributed by atoms with E-state index in [-0.39, 0.29) is 25.2 Å². The van der Waals surface area contributed by atoms with E-state index in [1.165, 1.54) is 11.8 Å². The summed E-state index contributed by atoms with van der Waals surface area (Å²) in [7, 11) is 0. The predicted molar refractivity (Wildman–Crippen MR) is 92.4 cm³/mol. The van der Waals surface area contributed by atoms with Crippen LogP contribution >= 0.6 is 11.8 Å². The second-order valence-electron chi connectivity index (χ2n) is 5.82. The molecule has 0 radical (unpaired) electrons. The third-order valence-corrected chi connectivity index (χ3v) is 4.53. The van der Waals surface area contributed by atoms with Crippen LogP contribution in [0.1, 0.15) is 32.1 Å². The summed E-state index contributed by atoms with van der Waals surface area (Å²) >= 11 is 1.45. The highest BCUT2D eigenvalue weighted by molar-refractivity contribution is 7.98. The predicted octanol–water partition coefficient (Wildman–Crippen LogP) is -0.589. The van der Waals surface area contributed by atoms with Crippen molar-refractivity contribution < 1.29 is 29.4 Å².